The van der Waals surface area contributed by atoms with E-state index in [0.29, 0.717) is 11.1 Å². The van der Waals surface area contributed by atoms with Gasteiger partial charge in [0.2, 0.25) is 5.89 Å². The molecular formula is C10H17N3OS. The van der Waals surface area contributed by atoms with Crippen LogP contribution in [0.15, 0.2) is 4.52 Å². The maximum Gasteiger partial charge on any atom is 0.243 e. The van der Waals surface area contributed by atoms with Crippen LogP contribution in [0.25, 0.3) is 0 Å². The number of nitrogens with one attached hydrogen (secondary N) is 1. The Kier molecular flexibility index (Phi) is 3.64. The minimum absolute atomic E-state index is 0.139. The number of aromatic nitrogens is 2. The minimum Gasteiger partial charge on any atom is -0.338 e. The van der Waals surface area contributed by atoms with Gasteiger partial charge < -0.3 is 9.84 Å². The van der Waals surface area contributed by atoms with Crippen molar-refractivity contribution >= 4 is 11.8 Å². The number of nitrogens with zero attached hydrogens (tertiary/aromatic N) is 2. The molecule has 1 aromatic rings. The summed E-state index contributed by atoms with van der Waals surface area (Å²) in [5, 5.41) is 7.60. The van der Waals surface area contributed by atoms with Gasteiger partial charge in [-0.25, -0.2) is 0 Å². The normalized spacial score (nSPS) is 24.0. The van der Waals surface area contributed by atoms with Gasteiger partial charge in [-0.2, -0.15) is 16.7 Å². The van der Waals surface area contributed by atoms with E-state index in [1.54, 1.807) is 0 Å². The van der Waals surface area contributed by atoms with Gasteiger partial charge in [0.1, 0.15) is 0 Å². The van der Waals surface area contributed by atoms with Gasteiger partial charge in [-0.15, -0.1) is 0 Å². The van der Waals surface area contributed by atoms with Crippen LogP contribution in [0.5, 0.6) is 0 Å². The molecular weight excluding hydrogens is 210 g/mol. The summed E-state index contributed by atoms with van der Waals surface area (Å²) < 4.78 is 5.23. The highest BCUT2D eigenvalue weighted by molar-refractivity contribution is 7.99. The lowest BCUT2D eigenvalue weighted by Crippen LogP contribution is -2.12. The molecule has 2 heterocycles. The Morgan fingerprint density at radius 1 is 1.53 bits per heavy atom. The second kappa shape index (κ2) is 4.99. The van der Waals surface area contributed by atoms with E-state index in [0.717, 1.165) is 5.82 Å². The molecule has 15 heavy (non-hydrogen) atoms. The first-order valence-corrected chi connectivity index (χ1v) is 6.48. The zero-order valence-corrected chi connectivity index (χ0v) is 10.0. The van der Waals surface area contributed by atoms with Crippen molar-refractivity contribution in [2.45, 2.75) is 37.5 Å². The van der Waals surface area contributed by atoms with Crippen molar-refractivity contribution in [3.63, 3.8) is 0 Å². The van der Waals surface area contributed by atoms with Gasteiger partial charge in [-0.1, -0.05) is 11.6 Å². The van der Waals surface area contributed by atoms with Gasteiger partial charge >= 0.3 is 0 Å². The first kappa shape index (κ1) is 11.0. The summed E-state index contributed by atoms with van der Waals surface area (Å²) in [5.41, 5.74) is 0. The van der Waals surface area contributed by atoms with Crippen molar-refractivity contribution in [1.29, 1.82) is 0 Å². The maximum absolute atomic E-state index is 5.23. The molecule has 1 aliphatic heterocycles. The van der Waals surface area contributed by atoms with Crippen LogP contribution in [0.2, 0.25) is 0 Å². The summed E-state index contributed by atoms with van der Waals surface area (Å²) >= 11 is 1.94. The van der Waals surface area contributed by atoms with Crippen molar-refractivity contribution in [3.05, 3.63) is 11.7 Å². The van der Waals surface area contributed by atoms with Gasteiger partial charge in [0.05, 0.1) is 11.3 Å². The molecule has 1 aliphatic rings. The molecule has 0 aliphatic carbocycles. The third-order valence-electron chi connectivity index (χ3n) is 2.73. The van der Waals surface area contributed by atoms with Crippen LogP contribution in [0.4, 0.5) is 0 Å². The molecule has 0 amide bonds. The molecule has 1 saturated heterocycles. The molecule has 1 fully saturated rings. The van der Waals surface area contributed by atoms with Gasteiger partial charge in [-0.3, -0.25) is 0 Å². The van der Waals surface area contributed by atoms with Crippen molar-refractivity contribution in [2.75, 3.05) is 12.8 Å². The Hall–Kier alpha value is -0.550. The summed E-state index contributed by atoms with van der Waals surface area (Å²) in [6.07, 6.45) is 3.78. The van der Waals surface area contributed by atoms with E-state index < -0.39 is 0 Å². The first-order chi connectivity index (χ1) is 7.31. The zero-order chi connectivity index (χ0) is 10.7. The molecule has 1 aromatic heterocycles. The lowest BCUT2D eigenvalue weighted by atomic mass is 10.2. The average Bonchev–Trinajstić information content (AvgIpc) is 2.78. The molecule has 2 unspecified atom stereocenters. The molecule has 0 aromatic carbocycles. The molecule has 1 N–H and O–H groups in total. The van der Waals surface area contributed by atoms with E-state index >= 15 is 0 Å². The Morgan fingerprint density at radius 3 is 3.07 bits per heavy atom. The quantitative estimate of drug-likeness (QED) is 0.858. The van der Waals surface area contributed by atoms with E-state index in [2.05, 4.69) is 15.5 Å². The van der Waals surface area contributed by atoms with Crippen molar-refractivity contribution < 1.29 is 4.52 Å². The monoisotopic (exact) mass is 227 g/mol. The lowest BCUT2D eigenvalue weighted by Gasteiger charge is -2.17. The summed E-state index contributed by atoms with van der Waals surface area (Å²) in [7, 11) is 1.89. The van der Waals surface area contributed by atoms with E-state index in [1.807, 2.05) is 25.7 Å². The average molecular weight is 227 g/mol. The summed E-state index contributed by atoms with van der Waals surface area (Å²) in [4.78, 5) is 4.44. The van der Waals surface area contributed by atoms with Crippen LogP contribution in [-0.2, 0) is 0 Å². The summed E-state index contributed by atoms with van der Waals surface area (Å²) in [6.45, 7) is 2.02. The smallest absolute Gasteiger partial charge is 0.243 e. The zero-order valence-electron chi connectivity index (χ0n) is 9.19. The fraction of sp³-hybridized carbons (Fsp3) is 0.800. The Balaban J connectivity index is 2.05. The van der Waals surface area contributed by atoms with Crippen LogP contribution < -0.4 is 5.32 Å². The van der Waals surface area contributed by atoms with E-state index in [4.69, 9.17) is 4.52 Å². The SMILES string of the molecule is CNC(C)c1nc(C2CCCCS2)no1. The van der Waals surface area contributed by atoms with Crippen LogP contribution in [0, 0.1) is 0 Å². The van der Waals surface area contributed by atoms with Gasteiger partial charge in [-0.05, 0) is 32.6 Å². The van der Waals surface area contributed by atoms with Gasteiger partial charge in [0.25, 0.3) is 0 Å². The van der Waals surface area contributed by atoms with Crippen molar-refractivity contribution in [1.82, 2.24) is 15.5 Å². The Bertz CT molecular complexity index is 309. The molecule has 0 spiro atoms. The first-order valence-electron chi connectivity index (χ1n) is 5.43. The van der Waals surface area contributed by atoms with E-state index in [9.17, 15) is 0 Å². The topological polar surface area (TPSA) is 51.0 Å². The number of thioether (sulfide) groups is 1. The van der Waals surface area contributed by atoms with E-state index in [-0.39, 0.29) is 6.04 Å². The molecule has 0 bridgehead atoms. The predicted molar refractivity (Wildman–Crippen MR) is 60.8 cm³/mol. The largest absolute Gasteiger partial charge is 0.338 e. The van der Waals surface area contributed by atoms with Crippen LogP contribution in [0.3, 0.4) is 0 Å². The number of rotatable bonds is 3. The lowest BCUT2D eigenvalue weighted by molar-refractivity contribution is 0.342. The molecule has 4 nitrogen and oxygen atoms in total. The second-order valence-corrected chi connectivity index (χ2v) is 5.17. The third-order valence-corrected chi connectivity index (χ3v) is 4.10. The Morgan fingerprint density at radius 2 is 2.40 bits per heavy atom. The number of hydrogen-bond donors (Lipinski definition) is 1. The molecule has 0 saturated carbocycles. The standard InChI is InChI=1S/C10H17N3OS/c1-7(11-2)10-12-9(13-14-10)8-5-3-4-6-15-8/h7-8,11H,3-6H2,1-2H3. The fourth-order valence-electron chi connectivity index (χ4n) is 1.62. The maximum atomic E-state index is 5.23. The van der Waals surface area contributed by atoms with E-state index in [1.165, 1.54) is 25.0 Å². The van der Waals surface area contributed by atoms with Gasteiger partial charge in [0.15, 0.2) is 5.82 Å². The highest BCUT2D eigenvalue weighted by Gasteiger charge is 2.22. The predicted octanol–water partition coefficient (Wildman–Crippen LogP) is 2.31. The van der Waals surface area contributed by atoms with Crippen LogP contribution >= 0.6 is 11.8 Å². The molecule has 0 radical (unpaired) electrons. The minimum atomic E-state index is 0.139. The summed E-state index contributed by atoms with van der Waals surface area (Å²) in [5.74, 6) is 2.78. The van der Waals surface area contributed by atoms with Crippen molar-refractivity contribution in [3.8, 4) is 0 Å². The summed E-state index contributed by atoms with van der Waals surface area (Å²) in [6, 6.07) is 0.139. The van der Waals surface area contributed by atoms with Crippen LogP contribution in [0.1, 0.15) is 49.2 Å². The Labute approximate surface area is 94.2 Å². The molecule has 84 valence electrons. The van der Waals surface area contributed by atoms with Gasteiger partial charge in [0, 0.05) is 0 Å². The molecule has 2 atom stereocenters. The second-order valence-electron chi connectivity index (χ2n) is 3.86. The highest BCUT2D eigenvalue weighted by atomic mass is 32.2. The number of hydrogen-bond acceptors (Lipinski definition) is 5. The fourth-order valence-corrected chi connectivity index (χ4v) is 2.86. The molecule has 2 rings (SSSR count). The molecule has 5 heteroatoms. The highest BCUT2D eigenvalue weighted by Crippen LogP contribution is 2.36. The third kappa shape index (κ3) is 2.52. The van der Waals surface area contributed by atoms with Crippen LogP contribution in [-0.4, -0.2) is 22.9 Å². The van der Waals surface area contributed by atoms with Crippen molar-refractivity contribution in [2.24, 2.45) is 0 Å².